The smallest absolute Gasteiger partial charge is 0.324 e. The summed E-state index contributed by atoms with van der Waals surface area (Å²) in [5.74, 6) is -0.154. The normalized spacial score (nSPS) is 12.6. The molecule has 0 aliphatic carbocycles. The van der Waals surface area contributed by atoms with Gasteiger partial charge in [-0.2, -0.15) is 16.5 Å². The van der Waals surface area contributed by atoms with Gasteiger partial charge in [-0.1, -0.05) is 19.1 Å². The molecule has 1 atom stereocenters. The first-order valence-electron chi connectivity index (χ1n) is 7.24. The maximum absolute atomic E-state index is 12.5. The van der Waals surface area contributed by atoms with Crippen molar-refractivity contribution in [2.24, 2.45) is 0 Å². The fourth-order valence-electron chi connectivity index (χ4n) is 1.85. The van der Waals surface area contributed by atoms with Crippen LogP contribution >= 0.6 is 11.8 Å². The molecular weight excluding hydrogens is 356 g/mol. The lowest BCUT2D eigenvalue weighted by Gasteiger charge is -2.17. The van der Waals surface area contributed by atoms with E-state index in [1.54, 1.807) is 0 Å². The number of nitro groups is 1. The van der Waals surface area contributed by atoms with Crippen LogP contribution < -0.4 is 4.72 Å². The third kappa shape index (κ3) is 5.77. The molecule has 1 aromatic carbocycles. The summed E-state index contributed by atoms with van der Waals surface area (Å²) in [5.41, 5.74) is -0.546. The van der Waals surface area contributed by atoms with E-state index in [0.29, 0.717) is 12.2 Å². The number of benzene rings is 1. The second kappa shape index (κ2) is 9.60. The van der Waals surface area contributed by atoms with Crippen molar-refractivity contribution in [2.45, 2.75) is 30.7 Å². The number of nitrogens with zero attached hydrogens (tertiary/aromatic N) is 1. The van der Waals surface area contributed by atoms with Gasteiger partial charge < -0.3 is 4.74 Å². The Bertz CT molecular complexity index is 678. The largest absolute Gasteiger partial charge is 0.465 e. The summed E-state index contributed by atoms with van der Waals surface area (Å²) in [5, 5.41) is 11.0. The van der Waals surface area contributed by atoms with Gasteiger partial charge in [0.1, 0.15) is 6.04 Å². The molecule has 10 heteroatoms. The number of sulfonamides is 1. The Hall–Kier alpha value is -1.65. The maximum Gasteiger partial charge on any atom is 0.324 e. The van der Waals surface area contributed by atoms with Gasteiger partial charge >= 0.3 is 5.97 Å². The molecule has 0 aliphatic heterocycles. The average Bonchev–Trinajstić information content (AvgIpc) is 2.56. The third-order valence-corrected chi connectivity index (χ3v) is 5.16. The van der Waals surface area contributed by atoms with Crippen LogP contribution in [0.15, 0.2) is 29.2 Å². The molecule has 0 saturated carbocycles. The zero-order valence-electron chi connectivity index (χ0n) is 13.4. The summed E-state index contributed by atoms with van der Waals surface area (Å²) in [6, 6.07) is 3.89. The molecule has 134 valence electrons. The number of esters is 1. The number of hydrogen-bond donors (Lipinski definition) is 1. The molecular formula is C14H20N2O6S2. The molecule has 0 saturated heterocycles. The van der Waals surface area contributed by atoms with E-state index in [-0.39, 0.29) is 13.0 Å². The number of thioether (sulfide) groups is 1. The number of carbonyl (C=O) groups is 1. The average molecular weight is 376 g/mol. The molecule has 0 radical (unpaired) electrons. The SMILES string of the molecule is CCCOC(=O)[C@@H](CCSC)NS(=O)(=O)c1ccccc1[N+](=O)[O-]. The molecule has 0 unspecified atom stereocenters. The van der Waals surface area contributed by atoms with E-state index < -0.39 is 37.5 Å². The topological polar surface area (TPSA) is 116 Å². The van der Waals surface area contributed by atoms with Crippen LogP contribution in [0.3, 0.4) is 0 Å². The Morgan fingerprint density at radius 2 is 2.08 bits per heavy atom. The van der Waals surface area contributed by atoms with Crippen LogP contribution in [0.5, 0.6) is 0 Å². The van der Waals surface area contributed by atoms with E-state index in [1.165, 1.54) is 23.9 Å². The molecule has 0 heterocycles. The second-order valence-corrected chi connectivity index (χ2v) is 7.52. The lowest BCUT2D eigenvalue weighted by atomic mass is 10.2. The number of nitrogens with one attached hydrogen (secondary N) is 1. The number of nitro benzene ring substituents is 1. The van der Waals surface area contributed by atoms with Gasteiger partial charge in [0.05, 0.1) is 11.5 Å². The van der Waals surface area contributed by atoms with Crippen molar-refractivity contribution in [3.63, 3.8) is 0 Å². The van der Waals surface area contributed by atoms with Crippen LogP contribution in [-0.4, -0.2) is 44.0 Å². The Labute approximate surface area is 145 Å². The molecule has 1 N–H and O–H groups in total. The van der Waals surface area contributed by atoms with E-state index >= 15 is 0 Å². The van der Waals surface area contributed by atoms with Crippen LogP contribution in [0.2, 0.25) is 0 Å². The lowest BCUT2D eigenvalue weighted by molar-refractivity contribution is -0.387. The van der Waals surface area contributed by atoms with Gasteiger partial charge in [-0.25, -0.2) is 8.42 Å². The predicted molar refractivity (Wildman–Crippen MR) is 91.5 cm³/mol. The highest BCUT2D eigenvalue weighted by Gasteiger charge is 2.31. The zero-order chi connectivity index (χ0) is 18.2. The first-order valence-corrected chi connectivity index (χ1v) is 10.1. The van der Waals surface area contributed by atoms with E-state index in [2.05, 4.69) is 4.72 Å². The zero-order valence-corrected chi connectivity index (χ0v) is 15.1. The summed E-state index contributed by atoms with van der Waals surface area (Å²) in [4.78, 5) is 21.8. The van der Waals surface area contributed by atoms with Crippen molar-refractivity contribution in [1.82, 2.24) is 4.72 Å². The highest BCUT2D eigenvalue weighted by atomic mass is 32.2. The number of ether oxygens (including phenoxy) is 1. The summed E-state index contributed by atoms with van der Waals surface area (Å²) >= 11 is 1.45. The van der Waals surface area contributed by atoms with E-state index in [1.807, 2.05) is 13.2 Å². The fourth-order valence-corrected chi connectivity index (χ4v) is 3.71. The maximum atomic E-state index is 12.5. The van der Waals surface area contributed by atoms with Crippen molar-refractivity contribution in [1.29, 1.82) is 0 Å². The molecule has 1 aromatic rings. The summed E-state index contributed by atoms with van der Waals surface area (Å²) in [6.07, 6.45) is 2.66. The minimum absolute atomic E-state index is 0.182. The van der Waals surface area contributed by atoms with Gasteiger partial charge in [0.2, 0.25) is 10.0 Å². The summed E-state index contributed by atoms with van der Waals surface area (Å²) in [7, 11) is -4.24. The highest BCUT2D eigenvalue weighted by molar-refractivity contribution is 7.98. The number of hydrogen-bond acceptors (Lipinski definition) is 7. The number of carbonyl (C=O) groups excluding carboxylic acids is 1. The Kier molecular flexibility index (Phi) is 8.16. The van der Waals surface area contributed by atoms with Crippen molar-refractivity contribution >= 4 is 33.4 Å². The molecule has 1 rings (SSSR count). The highest BCUT2D eigenvalue weighted by Crippen LogP contribution is 2.23. The van der Waals surface area contributed by atoms with E-state index in [0.717, 1.165) is 12.1 Å². The summed E-state index contributed by atoms with van der Waals surface area (Å²) in [6.45, 7) is 2.00. The lowest BCUT2D eigenvalue weighted by Crippen LogP contribution is -2.42. The van der Waals surface area contributed by atoms with Crippen LogP contribution in [0.25, 0.3) is 0 Å². The molecule has 0 bridgehead atoms. The number of para-hydroxylation sites is 1. The predicted octanol–water partition coefficient (Wildman–Crippen LogP) is 1.95. The van der Waals surface area contributed by atoms with Gasteiger partial charge in [-0.3, -0.25) is 14.9 Å². The summed E-state index contributed by atoms with van der Waals surface area (Å²) < 4.78 is 32.2. The minimum Gasteiger partial charge on any atom is -0.465 e. The van der Waals surface area contributed by atoms with Gasteiger partial charge in [0.15, 0.2) is 4.90 Å². The van der Waals surface area contributed by atoms with E-state index in [4.69, 9.17) is 4.74 Å². The van der Waals surface area contributed by atoms with E-state index in [9.17, 15) is 23.3 Å². The van der Waals surface area contributed by atoms with Gasteiger partial charge in [0.25, 0.3) is 5.69 Å². The van der Waals surface area contributed by atoms with Crippen LogP contribution in [-0.2, 0) is 19.6 Å². The number of rotatable bonds is 10. The van der Waals surface area contributed by atoms with Gasteiger partial charge in [-0.15, -0.1) is 0 Å². The second-order valence-electron chi connectivity index (χ2n) is 4.85. The Morgan fingerprint density at radius 3 is 2.67 bits per heavy atom. The quantitative estimate of drug-likeness (QED) is 0.377. The van der Waals surface area contributed by atoms with Crippen LogP contribution in [0.1, 0.15) is 19.8 Å². The Balaban J connectivity index is 3.07. The van der Waals surface area contributed by atoms with Crippen molar-refractivity contribution in [3.05, 3.63) is 34.4 Å². The third-order valence-electron chi connectivity index (χ3n) is 2.99. The Morgan fingerprint density at radius 1 is 1.42 bits per heavy atom. The van der Waals surface area contributed by atoms with Crippen LogP contribution in [0.4, 0.5) is 5.69 Å². The molecule has 0 aliphatic rings. The molecule has 8 nitrogen and oxygen atoms in total. The van der Waals surface area contributed by atoms with Gasteiger partial charge in [0, 0.05) is 6.07 Å². The van der Waals surface area contributed by atoms with Gasteiger partial charge in [-0.05, 0) is 30.9 Å². The first-order chi connectivity index (χ1) is 11.3. The molecule has 24 heavy (non-hydrogen) atoms. The van der Waals surface area contributed by atoms with Crippen LogP contribution in [0, 0.1) is 10.1 Å². The molecule has 0 spiro atoms. The standard InChI is InChI=1S/C14H20N2O6S2/c1-3-9-22-14(17)11(8-10-23-2)15-24(20,21)13-7-5-4-6-12(13)16(18)19/h4-7,11,15H,3,8-10H2,1-2H3/t11-/m1/s1. The monoisotopic (exact) mass is 376 g/mol. The molecule has 0 fully saturated rings. The molecule has 0 aromatic heterocycles. The van der Waals surface area contributed by atoms with Crippen molar-refractivity contribution in [2.75, 3.05) is 18.6 Å². The van der Waals surface area contributed by atoms with Crippen molar-refractivity contribution in [3.8, 4) is 0 Å². The van der Waals surface area contributed by atoms with Crippen molar-refractivity contribution < 1.29 is 22.9 Å². The first kappa shape index (κ1) is 20.4. The minimum atomic E-state index is -4.24. The molecule has 0 amide bonds. The fraction of sp³-hybridized carbons (Fsp3) is 0.500.